The Morgan fingerprint density at radius 2 is 1.63 bits per heavy atom. The summed E-state index contributed by atoms with van der Waals surface area (Å²) in [5, 5.41) is 32.7. The van der Waals surface area contributed by atoms with E-state index in [1.165, 1.54) is 6.42 Å². The number of hydrogen-bond donors (Lipinski definition) is 4. The largest absolute Gasteiger partial charge is 0.481 e. The Bertz CT molecular complexity index is 830. The molecule has 0 radical (unpaired) electrons. The minimum Gasteiger partial charge on any atom is -0.481 e. The first kappa shape index (κ1) is 26.4. The Morgan fingerprint density at radius 3 is 2.31 bits per heavy atom. The van der Waals surface area contributed by atoms with E-state index in [2.05, 4.69) is 26.1 Å². The van der Waals surface area contributed by atoms with Crippen molar-refractivity contribution in [1.29, 1.82) is 0 Å². The zero-order chi connectivity index (χ0) is 25.5. The highest BCUT2D eigenvalue weighted by molar-refractivity contribution is 5.80. The molecule has 7 nitrogen and oxygen atoms in total. The molecular formula is C28H45NO6. The van der Waals surface area contributed by atoms with E-state index in [1.807, 2.05) is 0 Å². The van der Waals surface area contributed by atoms with Crippen molar-refractivity contribution in [2.24, 2.45) is 46.3 Å². The van der Waals surface area contributed by atoms with Gasteiger partial charge in [-0.25, -0.2) is 0 Å². The molecule has 0 aliphatic heterocycles. The van der Waals surface area contributed by atoms with Gasteiger partial charge in [-0.15, -0.1) is 0 Å². The number of rotatable bonds is 8. The lowest BCUT2D eigenvalue weighted by molar-refractivity contribution is -0.170. The van der Waals surface area contributed by atoms with Crippen LogP contribution in [-0.4, -0.2) is 45.3 Å². The van der Waals surface area contributed by atoms with Gasteiger partial charge in [0.2, 0.25) is 5.91 Å². The lowest BCUT2D eigenvalue weighted by atomic mass is 9.43. The summed E-state index contributed by atoms with van der Waals surface area (Å²) in [7, 11) is 0. The number of carboxylic acid groups (broad SMARTS) is 2. The second-order valence-corrected chi connectivity index (χ2v) is 12.8. The van der Waals surface area contributed by atoms with Gasteiger partial charge < -0.3 is 20.6 Å². The maximum Gasteiger partial charge on any atom is 0.303 e. The van der Waals surface area contributed by atoms with Crippen LogP contribution in [0.5, 0.6) is 0 Å². The Labute approximate surface area is 209 Å². The predicted octanol–water partition coefficient (Wildman–Crippen LogP) is 4.47. The van der Waals surface area contributed by atoms with Crippen LogP contribution in [0.15, 0.2) is 0 Å². The summed E-state index contributed by atoms with van der Waals surface area (Å²) < 4.78 is 0. The molecular weight excluding hydrogens is 446 g/mol. The zero-order valence-corrected chi connectivity index (χ0v) is 21.7. The number of fused-ring (bicyclic) bond motifs is 5. The topological polar surface area (TPSA) is 124 Å². The molecule has 0 aromatic carbocycles. The molecule has 4 rings (SSSR count). The van der Waals surface area contributed by atoms with E-state index in [9.17, 15) is 19.5 Å². The minimum absolute atomic E-state index is 0.0387. The molecule has 0 aromatic rings. The second-order valence-electron chi connectivity index (χ2n) is 12.8. The van der Waals surface area contributed by atoms with E-state index < -0.39 is 11.9 Å². The highest BCUT2D eigenvalue weighted by atomic mass is 16.4. The molecule has 198 valence electrons. The van der Waals surface area contributed by atoms with E-state index in [0.29, 0.717) is 41.9 Å². The van der Waals surface area contributed by atoms with Gasteiger partial charge in [0, 0.05) is 18.9 Å². The first-order valence-corrected chi connectivity index (χ1v) is 13.9. The van der Waals surface area contributed by atoms with Gasteiger partial charge in [0.15, 0.2) is 0 Å². The SMILES string of the molecule is C[C@H](CCC(=O)O)[C@H]1CC[C@H]2[C@@H]3CC[C@@H]4C[C@@H](NC(=O)CCC(=O)O)CC[C@]4(C)[C@H]3C[C@H](O)[C@]12C. The Morgan fingerprint density at radius 1 is 0.914 bits per heavy atom. The Hall–Kier alpha value is -1.63. The van der Waals surface area contributed by atoms with Crippen LogP contribution in [0.25, 0.3) is 0 Å². The lowest BCUT2D eigenvalue weighted by Gasteiger charge is -2.62. The average Bonchev–Trinajstić information content (AvgIpc) is 3.16. The monoisotopic (exact) mass is 491 g/mol. The van der Waals surface area contributed by atoms with E-state index in [1.54, 1.807) is 0 Å². The number of amides is 1. The quantitative estimate of drug-likeness (QED) is 0.397. The molecule has 0 unspecified atom stereocenters. The van der Waals surface area contributed by atoms with Gasteiger partial charge in [0.05, 0.1) is 12.5 Å². The minimum atomic E-state index is -0.942. The highest BCUT2D eigenvalue weighted by Gasteiger charge is 2.63. The van der Waals surface area contributed by atoms with Crippen LogP contribution in [0.2, 0.25) is 0 Å². The van der Waals surface area contributed by atoms with Crippen molar-refractivity contribution in [2.45, 2.75) is 110 Å². The third kappa shape index (κ3) is 4.86. The summed E-state index contributed by atoms with van der Waals surface area (Å²) in [6, 6.07) is 0.121. The fourth-order valence-electron chi connectivity index (χ4n) is 9.39. The first-order valence-electron chi connectivity index (χ1n) is 13.9. The third-order valence-electron chi connectivity index (χ3n) is 11.3. The average molecular weight is 492 g/mol. The molecule has 4 N–H and O–H groups in total. The van der Waals surface area contributed by atoms with Crippen molar-refractivity contribution in [1.82, 2.24) is 5.32 Å². The van der Waals surface area contributed by atoms with E-state index in [-0.39, 0.29) is 48.1 Å². The van der Waals surface area contributed by atoms with Crippen LogP contribution in [0.3, 0.4) is 0 Å². The summed E-state index contributed by atoms with van der Waals surface area (Å²) in [6.45, 7) is 6.91. The van der Waals surface area contributed by atoms with E-state index >= 15 is 0 Å². The Balaban J connectivity index is 1.43. The van der Waals surface area contributed by atoms with Gasteiger partial charge in [0.25, 0.3) is 0 Å². The van der Waals surface area contributed by atoms with Crippen LogP contribution in [0, 0.1) is 46.3 Å². The molecule has 0 bridgehead atoms. The van der Waals surface area contributed by atoms with Crippen molar-refractivity contribution in [2.75, 3.05) is 0 Å². The predicted molar refractivity (Wildman–Crippen MR) is 131 cm³/mol. The molecule has 0 spiro atoms. The maximum absolute atomic E-state index is 12.2. The van der Waals surface area contributed by atoms with E-state index in [0.717, 1.165) is 44.9 Å². The molecule has 0 heterocycles. The zero-order valence-electron chi connectivity index (χ0n) is 21.7. The first-order chi connectivity index (χ1) is 16.5. The number of aliphatic hydroxyl groups is 1. The molecule has 0 saturated heterocycles. The van der Waals surface area contributed by atoms with Gasteiger partial charge in [-0.2, -0.15) is 0 Å². The van der Waals surface area contributed by atoms with Crippen molar-refractivity contribution in [3.8, 4) is 0 Å². The molecule has 4 saturated carbocycles. The van der Waals surface area contributed by atoms with Crippen LogP contribution in [-0.2, 0) is 14.4 Å². The van der Waals surface area contributed by atoms with Crippen molar-refractivity contribution < 1.29 is 29.7 Å². The van der Waals surface area contributed by atoms with Crippen molar-refractivity contribution >= 4 is 17.8 Å². The van der Waals surface area contributed by atoms with Crippen molar-refractivity contribution in [3.05, 3.63) is 0 Å². The maximum atomic E-state index is 12.2. The smallest absolute Gasteiger partial charge is 0.303 e. The lowest BCUT2D eigenvalue weighted by Crippen LogP contribution is -2.59. The Kier molecular flexibility index (Phi) is 7.57. The van der Waals surface area contributed by atoms with Gasteiger partial charge in [-0.05, 0) is 104 Å². The van der Waals surface area contributed by atoms with Crippen LogP contribution >= 0.6 is 0 Å². The molecule has 4 aliphatic rings. The summed E-state index contributed by atoms with van der Waals surface area (Å²) in [5.74, 6) is 0.972. The van der Waals surface area contributed by atoms with Crippen molar-refractivity contribution in [3.63, 3.8) is 0 Å². The van der Waals surface area contributed by atoms with E-state index in [4.69, 9.17) is 10.2 Å². The summed E-state index contributed by atoms with van der Waals surface area (Å²) in [4.78, 5) is 34.1. The van der Waals surface area contributed by atoms with Crippen LogP contribution in [0.4, 0.5) is 0 Å². The number of aliphatic carboxylic acids is 2. The molecule has 10 atom stereocenters. The standard InChI is InChI=1S/C28H45NO6/c1-16(4-10-25(32)33)20-7-8-21-19-6-5-17-14-18(29-24(31)9-11-26(34)35)12-13-27(17,2)22(19)15-23(30)28(20,21)3/h16-23,30H,4-15H2,1-3H3,(H,29,31)(H,32,33)(H,34,35)/t16-,17-,18+,19+,20-,21+,22+,23+,27+,28-/m1/s1. The number of carbonyl (C=O) groups is 3. The molecule has 4 fully saturated rings. The fraction of sp³-hybridized carbons (Fsp3) is 0.893. The molecule has 0 aromatic heterocycles. The summed E-state index contributed by atoms with van der Waals surface area (Å²) in [5.41, 5.74) is 0.0398. The highest BCUT2D eigenvalue weighted by Crippen LogP contribution is 2.68. The molecule has 35 heavy (non-hydrogen) atoms. The summed E-state index contributed by atoms with van der Waals surface area (Å²) >= 11 is 0. The number of carbonyl (C=O) groups excluding carboxylic acids is 1. The van der Waals surface area contributed by atoms with Crippen LogP contribution < -0.4 is 5.32 Å². The van der Waals surface area contributed by atoms with Gasteiger partial charge in [-0.1, -0.05) is 20.8 Å². The van der Waals surface area contributed by atoms with Gasteiger partial charge >= 0.3 is 11.9 Å². The van der Waals surface area contributed by atoms with Crippen LogP contribution in [0.1, 0.15) is 97.8 Å². The molecule has 7 heteroatoms. The van der Waals surface area contributed by atoms with Gasteiger partial charge in [-0.3, -0.25) is 14.4 Å². The number of carboxylic acids is 2. The fourth-order valence-corrected chi connectivity index (χ4v) is 9.39. The van der Waals surface area contributed by atoms with Gasteiger partial charge in [0.1, 0.15) is 0 Å². The second kappa shape index (κ2) is 10.0. The normalized spacial score (nSPS) is 43.4. The number of hydrogen-bond acceptors (Lipinski definition) is 4. The number of aliphatic hydroxyl groups excluding tert-OH is 1. The third-order valence-corrected chi connectivity index (χ3v) is 11.3. The molecule has 1 amide bonds. The molecule has 4 aliphatic carbocycles. The number of nitrogens with one attached hydrogen (secondary N) is 1. The summed E-state index contributed by atoms with van der Waals surface area (Å²) in [6.07, 6.45) is 8.75.